The first-order valence-corrected chi connectivity index (χ1v) is 6.39. The minimum Gasteiger partial charge on any atom is -0.298 e. The summed E-state index contributed by atoms with van der Waals surface area (Å²) >= 11 is 1.91. The monoisotopic (exact) mass is 225 g/mol. The van der Waals surface area contributed by atoms with E-state index in [0.717, 1.165) is 17.7 Å². The van der Waals surface area contributed by atoms with Crippen LogP contribution in [0.5, 0.6) is 0 Å². The molecule has 15 heavy (non-hydrogen) atoms. The van der Waals surface area contributed by atoms with Gasteiger partial charge in [-0.25, -0.2) is 4.39 Å². The first-order chi connectivity index (χ1) is 7.20. The molecule has 0 amide bonds. The third kappa shape index (κ3) is 2.34. The fraction of sp³-hybridized carbons (Fsp3) is 0.500. The highest BCUT2D eigenvalue weighted by Crippen LogP contribution is 2.35. The number of aryl methyl sites for hydroxylation is 1. The molecular formula is C12H16FNS. The Morgan fingerprint density at radius 1 is 1.53 bits per heavy atom. The van der Waals surface area contributed by atoms with Crippen molar-refractivity contribution < 1.29 is 4.39 Å². The van der Waals surface area contributed by atoms with E-state index in [1.54, 1.807) is 12.1 Å². The van der Waals surface area contributed by atoms with Crippen molar-refractivity contribution in [1.82, 2.24) is 5.32 Å². The molecule has 1 heterocycles. The maximum atomic E-state index is 13.0. The Hall–Kier alpha value is -0.540. The third-order valence-corrected chi connectivity index (χ3v) is 4.18. The van der Waals surface area contributed by atoms with Gasteiger partial charge in [0, 0.05) is 11.8 Å². The standard InChI is InChI=1S/C12H16FNS/c1-3-10-7-15-12(14-10)11-5-4-9(13)6-8(11)2/h4-6,10,12,14H,3,7H2,1-2H3. The molecule has 0 saturated carbocycles. The molecule has 0 radical (unpaired) electrons. The fourth-order valence-corrected chi connectivity index (χ4v) is 3.36. The summed E-state index contributed by atoms with van der Waals surface area (Å²) in [5.41, 5.74) is 2.26. The van der Waals surface area contributed by atoms with Crippen LogP contribution in [-0.2, 0) is 0 Å². The van der Waals surface area contributed by atoms with Gasteiger partial charge in [0.25, 0.3) is 0 Å². The molecule has 2 rings (SSSR count). The molecule has 1 saturated heterocycles. The van der Waals surface area contributed by atoms with Gasteiger partial charge in [0.15, 0.2) is 0 Å². The molecule has 1 aromatic carbocycles. The maximum Gasteiger partial charge on any atom is 0.123 e. The van der Waals surface area contributed by atoms with Crippen molar-refractivity contribution in [2.75, 3.05) is 5.75 Å². The molecule has 1 N–H and O–H groups in total. The molecule has 0 bridgehead atoms. The normalized spacial score (nSPS) is 25.8. The second-order valence-electron chi connectivity index (χ2n) is 3.99. The van der Waals surface area contributed by atoms with Crippen molar-refractivity contribution in [3.63, 3.8) is 0 Å². The largest absolute Gasteiger partial charge is 0.298 e. The van der Waals surface area contributed by atoms with Gasteiger partial charge in [0.1, 0.15) is 5.82 Å². The molecule has 1 fully saturated rings. The van der Waals surface area contributed by atoms with Gasteiger partial charge in [-0.15, -0.1) is 11.8 Å². The molecular weight excluding hydrogens is 209 g/mol. The molecule has 2 unspecified atom stereocenters. The topological polar surface area (TPSA) is 12.0 Å². The molecule has 2 atom stereocenters. The lowest BCUT2D eigenvalue weighted by molar-refractivity contribution is 0.559. The van der Waals surface area contributed by atoms with Crippen molar-refractivity contribution >= 4 is 11.8 Å². The van der Waals surface area contributed by atoms with E-state index in [0.29, 0.717) is 11.4 Å². The second kappa shape index (κ2) is 4.54. The molecule has 3 heteroatoms. The number of halogens is 1. The van der Waals surface area contributed by atoms with Crippen molar-refractivity contribution in [2.45, 2.75) is 31.7 Å². The van der Waals surface area contributed by atoms with Gasteiger partial charge in [-0.2, -0.15) is 0 Å². The Morgan fingerprint density at radius 2 is 2.33 bits per heavy atom. The van der Waals surface area contributed by atoms with E-state index >= 15 is 0 Å². The molecule has 0 aliphatic carbocycles. The number of nitrogens with one attached hydrogen (secondary N) is 1. The van der Waals surface area contributed by atoms with Crippen molar-refractivity contribution in [2.24, 2.45) is 0 Å². The Labute approximate surface area is 94.5 Å². The van der Waals surface area contributed by atoms with Crippen LogP contribution in [0.1, 0.15) is 29.8 Å². The average molecular weight is 225 g/mol. The number of thioether (sulfide) groups is 1. The first kappa shape index (κ1) is 11.0. The Morgan fingerprint density at radius 3 is 2.93 bits per heavy atom. The van der Waals surface area contributed by atoms with Gasteiger partial charge in [-0.1, -0.05) is 13.0 Å². The zero-order chi connectivity index (χ0) is 10.8. The van der Waals surface area contributed by atoms with Crippen LogP contribution >= 0.6 is 11.8 Å². The Balaban J connectivity index is 2.17. The SMILES string of the molecule is CCC1CSC(c2ccc(F)cc2C)N1. The van der Waals surface area contributed by atoms with Gasteiger partial charge in [0.05, 0.1) is 5.37 Å². The van der Waals surface area contributed by atoms with E-state index in [2.05, 4.69) is 12.2 Å². The van der Waals surface area contributed by atoms with E-state index in [4.69, 9.17) is 0 Å². The van der Waals surface area contributed by atoms with Crippen molar-refractivity contribution in [3.8, 4) is 0 Å². The smallest absolute Gasteiger partial charge is 0.123 e. The van der Waals surface area contributed by atoms with E-state index < -0.39 is 0 Å². The lowest BCUT2D eigenvalue weighted by Gasteiger charge is -2.14. The first-order valence-electron chi connectivity index (χ1n) is 5.34. The zero-order valence-corrected chi connectivity index (χ0v) is 9.90. The highest BCUT2D eigenvalue weighted by molar-refractivity contribution is 7.99. The molecule has 1 aromatic rings. The molecule has 0 aromatic heterocycles. The second-order valence-corrected chi connectivity index (χ2v) is 5.12. The predicted octanol–water partition coefficient (Wildman–Crippen LogP) is 3.25. The lowest BCUT2D eigenvalue weighted by Crippen LogP contribution is -2.24. The summed E-state index contributed by atoms with van der Waals surface area (Å²) in [6.45, 7) is 4.16. The Bertz CT molecular complexity index is 353. The van der Waals surface area contributed by atoms with Crippen LogP contribution in [0, 0.1) is 12.7 Å². The fourth-order valence-electron chi connectivity index (χ4n) is 1.87. The van der Waals surface area contributed by atoms with Crippen LogP contribution in [0.4, 0.5) is 4.39 Å². The predicted molar refractivity (Wildman–Crippen MR) is 63.6 cm³/mol. The van der Waals surface area contributed by atoms with Gasteiger partial charge >= 0.3 is 0 Å². The number of hydrogen-bond acceptors (Lipinski definition) is 2. The van der Waals surface area contributed by atoms with Crippen LogP contribution in [-0.4, -0.2) is 11.8 Å². The highest BCUT2D eigenvalue weighted by Gasteiger charge is 2.25. The van der Waals surface area contributed by atoms with Crippen LogP contribution in [0.15, 0.2) is 18.2 Å². The summed E-state index contributed by atoms with van der Waals surface area (Å²) in [5.74, 6) is 1.00. The van der Waals surface area contributed by atoms with Gasteiger partial charge in [-0.05, 0) is 36.6 Å². The molecule has 0 spiro atoms. The number of benzene rings is 1. The summed E-state index contributed by atoms with van der Waals surface area (Å²) in [6.07, 6.45) is 1.16. The minimum atomic E-state index is -0.147. The summed E-state index contributed by atoms with van der Waals surface area (Å²) in [6, 6.07) is 5.65. The van der Waals surface area contributed by atoms with Crippen molar-refractivity contribution in [3.05, 3.63) is 35.1 Å². The van der Waals surface area contributed by atoms with Gasteiger partial charge in [0.2, 0.25) is 0 Å². The maximum absolute atomic E-state index is 13.0. The minimum absolute atomic E-state index is 0.147. The molecule has 82 valence electrons. The summed E-state index contributed by atoms with van der Waals surface area (Å²) in [5, 5.41) is 3.90. The van der Waals surface area contributed by atoms with Crippen LogP contribution < -0.4 is 5.32 Å². The number of rotatable bonds is 2. The van der Waals surface area contributed by atoms with E-state index in [1.807, 2.05) is 24.8 Å². The summed E-state index contributed by atoms with van der Waals surface area (Å²) in [7, 11) is 0. The summed E-state index contributed by atoms with van der Waals surface area (Å²) in [4.78, 5) is 0. The molecule has 1 aliphatic heterocycles. The lowest BCUT2D eigenvalue weighted by atomic mass is 10.1. The van der Waals surface area contributed by atoms with Crippen molar-refractivity contribution in [1.29, 1.82) is 0 Å². The number of hydrogen-bond donors (Lipinski definition) is 1. The average Bonchev–Trinajstić information content (AvgIpc) is 2.66. The third-order valence-electron chi connectivity index (χ3n) is 2.86. The van der Waals surface area contributed by atoms with Crippen LogP contribution in [0.2, 0.25) is 0 Å². The van der Waals surface area contributed by atoms with Gasteiger partial charge in [-0.3, -0.25) is 5.32 Å². The van der Waals surface area contributed by atoms with E-state index in [9.17, 15) is 4.39 Å². The molecule has 1 aliphatic rings. The van der Waals surface area contributed by atoms with Crippen LogP contribution in [0.25, 0.3) is 0 Å². The van der Waals surface area contributed by atoms with Crippen LogP contribution in [0.3, 0.4) is 0 Å². The Kier molecular flexibility index (Phi) is 3.32. The molecule has 1 nitrogen and oxygen atoms in total. The van der Waals surface area contributed by atoms with E-state index in [1.165, 1.54) is 5.56 Å². The van der Waals surface area contributed by atoms with Gasteiger partial charge < -0.3 is 0 Å². The summed E-state index contributed by atoms with van der Waals surface area (Å²) < 4.78 is 13.0. The zero-order valence-electron chi connectivity index (χ0n) is 9.09. The quantitative estimate of drug-likeness (QED) is 0.829. The van der Waals surface area contributed by atoms with E-state index in [-0.39, 0.29) is 5.82 Å². The highest BCUT2D eigenvalue weighted by atomic mass is 32.2.